The molecule has 1 aromatic carbocycles. The van der Waals surface area contributed by atoms with Crippen molar-refractivity contribution in [3.63, 3.8) is 0 Å². The van der Waals surface area contributed by atoms with Crippen molar-refractivity contribution in [1.82, 2.24) is 4.90 Å². The highest BCUT2D eigenvalue weighted by Crippen LogP contribution is 2.62. The van der Waals surface area contributed by atoms with E-state index < -0.39 is 0 Å². The van der Waals surface area contributed by atoms with Crippen LogP contribution in [0.5, 0.6) is 0 Å². The van der Waals surface area contributed by atoms with E-state index in [0.717, 1.165) is 52.2 Å². The van der Waals surface area contributed by atoms with E-state index in [2.05, 4.69) is 47.9 Å². The maximum atomic E-state index is 12.9. The van der Waals surface area contributed by atoms with E-state index in [-0.39, 0.29) is 29.0 Å². The quantitative estimate of drug-likeness (QED) is 0.548. The predicted octanol–water partition coefficient (Wildman–Crippen LogP) is 3.64. The molecule has 3 aliphatic heterocycles. The van der Waals surface area contributed by atoms with Gasteiger partial charge in [0.05, 0.1) is 18.1 Å². The first kappa shape index (κ1) is 20.0. The minimum absolute atomic E-state index is 0.0396. The molecule has 0 radical (unpaired) electrons. The molecule has 6 rings (SSSR count). The lowest BCUT2D eigenvalue weighted by Gasteiger charge is -2.51. The van der Waals surface area contributed by atoms with E-state index in [1.807, 2.05) is 0 Å². The molecule has 0 bridgehead atoms. The lowest BCUT2D eigenvalue weighted by Crippen LogP contribution is -2.52. The van der Waals surface area contributed by atoms with Crippen LogP contribution >= 0.6 is 0 Å². The number of hydrogen-bond acceptors (Lipinski definition) is 5. The molecule has 5 fully saturated rings. The molecule has 1 aromatic rings. The summed E-state index contributed by atoms with van der Waals surface area (Å²) in [5.41, 5.74) is 3.04. The second-order valence-corrected chi connectivity index (χ2v) is 11.2. The van der Waals surface area contributed by atoms with Gasteiger partial charge in [0.15, 0.2) is 0 Å². The zero-order valence-electron chi connectivity index (χ0n) is 19.0. The number of carbonyl (C=O) groups is 1. The Labute approximate surface area is 186 Å². The van der Waals surface area contributed by atoms with E-state index in [4.69, 9.17) is 9.47 Å². The molecule has 5 heteroatoms. The summed E-state index contributed by atoms with van der Waals surface area (Å²) in [5, 5.41) is 0. The zero-order chi connectivity index (χ0) is 21.2. The fourth-order valence-corrected chi connectivity index (χ4v) is 7.46. The minimum Gasteiger partial charge on any atom is -0.462 e. The number of ether oxygens (including phenoxy) is 2. The smallest absolute Gasteiger partial charge is 0.310 e. The summed E-state index contributed by atoms with van der Waals surface area (Å²) in [5.74, 6) is 1.08. The van der Waals surface area contributed by atoms with Gasteiger partial charge in [0.25, 0.3) is 0 Å². The van der Waals surface area contributed by atoms with Crippen LogP contribution in [0.1, 0.15) is 44.6 Å². The Morgan fingerprint density at radius 2 is 1.97 bits per heavy atom. The zero-order valence-corrected chi connectivity index (χ0v) is 19.0. The largest absolute Gasteiger partial charge is 0.462 e. The second kappa shape index (κ2) is 7.21. The Balaban J connectivity index is 1.12. The van der Waals surface area contributed by atoms with E-state index in [1.165, 1.54) is 30.5 Å². The summed E-state index contributed by atoms with van der Waals surface area (Å²) >= 11 is 0. The van der Waals surface area contributed by atoms with Crippen molar-refractivity contribution in [3.05, 3.63) is 29.8 Å². The molecule has 5 nitrogen and oxygen atoms in total. The van der Waals surface area contributed by atoms with Crippen LogP contribution in [0, 0.1) is 30.1 Å². The molecule has 3 heterocycles. The normalized spacial score (nSPS) is 42.3. The SMILES string of the molecule is Cc1cccc(N2CCN(C[C@@H]3C(=O)O[C@@H]4C[C@@]5(C)CCC[C@]6(CO6)[C@@H]5C[C@@H]34)CC2)c1. The molecule has 0 unspecified atom stereocenters. The predicted molar refractivity (Wildman–Crippen MR) is 120 cm³/mol. The van der Waals surface area contributed by atoms with Gasteiger partial charge in [-0.2, -0.15) is 0 Å². The Bertz CT molecular complexity index is 860. The van der Waals surface area contributed by atoms with Crippen molar-refractivity contribution >= 4 is 11.7 Å². The molecule has 2 saturated carbocycles. The second-order valence-electron chi connectivity index (χ2n) is 11.2. The number of benzene rings is 1. The van der Waals surface area contributed by atoms with E-state index in [1.54, 1.807) is 0 Å². The van der Waals surface area contributed by atoms with Crippen LogP contribution in [0.3, 0.4) is 0 Å². The molecule has 168 valence electrons. The van der Waals surface area contributed by atoms with Crippen LogP contribution in [-0.2, 0) is 14.3 Å². The van der Waals surface area contributed by atoms with Gasteiger partial charge in [-0.05, 0) is 68.1 Å². The Kier molecular flexibility index (Phi) is 4.66. The maximum Gasteiger partial charge on any atom is 0.310 e. The summed E-state index contributed by atoms with van der Waals surface area (Å²) in [6.07, 6.45) is 6.01. The van der Waals surface area contributed by atoms with Gasteiger partial charge in [-0.15, -0.1) is 0 Å². The average Bonchev–Trinajstić information content (AvgIpc) is 3.45. The third-order valence-corrected chi connectivity index (χ3v) is 9.27. The molecule has 0 N–H and O–H groups in total. The summed E-state index contributed by atoms with van der Waals surface area (Å²) in [7, 11) is 0. The van der Waals surface area contributed by atoms with Gasteiger partial charge in [0.2, 0.25) is 0 Å². The molecule has 3 saturated heterocycles. The molecule has 31 heavy (non-hydrogen) atoms. The summed E-state index contributed by atoms with van der Waals surface area (Å²) in [6, 6.07) is 8.78. The fourth-order valence-electron chi connectivity index (χ4n) is 7.46. The molecule has 6 atom stereocenters. The summed E-state index contributed by atoms with van der Waals surface area (Å²) in [6.45, 7) is 10.5. The van der Waals surface area contributed by atoms with Gasteiger partial charge in [-0.3, -0.25) is 9.69 Å². The van der Waals surface area contributed by atoms with Crippen molar-refractivity contribution < 1.29 is 14.3 Å². The lowest BCUT2D eigenvalue weighted by molar-refractivity contribution is -0.147. The monoisotopic (exact) mass is 424 g/mol. The van der Waals surface area contributed by atoms with Gasteiger partial charge < -0.3 is 14.4 Å². The Morgan fingerprint density at radius 1 is 1.16 bits per heavy atom. The van der Waals surface area contributed by atoms with Crippen molar-refractivity contribution in [3.8, 4) is 0 Å². The molecule has 5 aliphatic rings. The number of piperazine rings is 1. The van der Waals surface area contributed by atoms with Crippen LogP contribution < -0.4 is 4.90 Å². The number of esters is 1. The van der Waals surface area contributed by atoms with Crippen molar-refractivity contribution in [2.45, 2.75) is 57.7 Å². The molecule has 2 aliphatic carbocycles. The average molecular weight is 425 g/mol. The van der Waals surface area contributed by atoms with Crippen LogP contribution in [0.2, 0.25) is 0 Å². The highest BCUT2D eigenvalue weighted by atomic mass is 16.6. The number of hydrogen-bond donors (Lipinski definition) is 0. The highest BCUT2D eigenvalue weighted by molar-refractivity contribution is 5.75. The topological polar surface area (TPSA) is 45.3 Å². The molecular formula is C26H36N2O3. The number of nitrogens with zero attached hydrogens (tertiary/aromatic N) is 2. The van der Waals surface area contributed by atoms with Gasteiger partial charge >= 0.3 is 5.97 Å². The number of carbonyl (C=O) groups excluding carboxylic acids is 1. The van der Waals surface area contributed by atoms with Gasteiger partial charge in [-0.25, -0.2) is 0 Å². The first-order chi connectivity index (χ1) is 15.0. The lowest BCUT2D eigenvalue weighted by atomic mass is 9.53. The molecular weight excluding hydrogens is 388 g/mol. The molecule has 0 amide bonds. The number of anilines is 1. The maximum absolute atomic E-state index is 12.9. The van der Waals surface area contributed by atoms with E-state index in [9.17, 15) is 4.79 Å². The van der Waals surface area contributed by atoms with Gasteiger partial charge in [0, 0.05) is 44.3 Å². The van der Waals surface area contributed by atoms with Crippen LogP contribution in [0.15, 0.2) is 24.3 Å². The Morgan fingerprint density at radius 3 is 2.71 bits per heavy atom. The van der Waals surface area contributed by atoms with Crippen LogP contribution in [0.25, 0.3) is 0 Å². The number of epoxide rings is 1. The van der Waals surface area contributed by atoms with Crippen LogP contribution in [-0.4, -0.2) is 61.9 Å². The number of rotatable bonds is 3. The molecule has 0 aromatic heterocycles. The number of aryl methyl sites for hydroxylation is 1. The fraction of sp³-hybridized carbons (Fsp3) is 0.731. The summed E-state index contributed by atoms with van der Waals surface area (Å²) in [4.78, 5) is 17.9. The van der Waals surface area contributed by atoms with Crippen molar-refractivity contribution in [2.24, 2.45) is 23.2 Å². The van der Waals surface area contributed by atoms with E-state index in [0.29, 0.717) is 11.8 Å². The third kappa shape index (κ3) is 3.39. The summed E-state index contributed by atoms with van der Waals surface area (Å²) < 4.78 is 12.1. The Hall–Kier alpha value is -1.59. The van der Waals surface area contributed by atoms with Crippen molar-refractivity contribution in [2.75, 3.05) is 44.2 Å². The highest BCUT2D eigenvalue weighted by Gasteiger charge is 2.65. The standard InChI is InChI=1S/C26H36N2O3/c1-18-5-3-6-19(13-18)28-11-9-27(10-12-28)16-21-20-14-23-25(2,15-22(20)31-24(21)29)7-4-8-26(23)17-30-26/h3,5-6,13,20-23H,4,7-12,14-17H2,1-2H3/t20-,21-,22+,23+,25+,26-/m0/s1. The van der Waals surface area contributed by atoms with E-state index >= 15 is 0 Å². The first-order valence-corrected chi connectivity index (χ1v) is 12.3. The molecule has 1 spiro atoms. The van der Waals surface area contributed by atoms with Crippen LogP contribution in [0.4, 0.5) is 5.69 Å². The third-order valence-electron chi connectivity index (χ3n) is 9.27. The minimum atomic E-state index is 0.0396. The van der Waals surface area contributed by atoms with Gasteiger partial charge in [0.1, 0.15) is 6.10 Å². The van der Waals surface area contributed by atoms with Gasteiger partial charge in [-0.1, -0.05) is 19.1 Å². The number of fused-ring (bicyclic) bond motifs is 3. The van der Waals surface area contributed by atoms with Crippen molar-refractivity contribution in [1.29, 1.82) is 0 Å². The first-order valence-electron chi connectivity index (χ1n) is 12.3.